The van der Waals surface area contributed by atoms with Crippen LogP contribution in [0.2, 0.25) is 0 Å². The number of nitrogens with zero attached hydrogens (tertiary/aromatic N) is 2. The number of anilines is 1. The zero-order valence-electron chi connectivity index (χ0n) is 15.1. The molecule has 1 aromatic heterocycles. The molecular formula is C19H26N4O2S. The van der Waals surface area contributed by atoms with E-state index in [1.54, 1.807) is 13.3 Å². The smallest absolute Gasteiger partial charge is 0.245 e. The molecule has 1 amide bonds. The first-order valence-electron chi connectivity index (χ1n) is 8.93. The van der Waals surface area contributed by atoms with Gasteiger partial charge in [-0.2, -0.15) is 0 Å². The summed E-state index contributed by atoms with van der Waals surface area (Å²) in [6.45, 7) is 3.68. The Bertz CT molecular complexity index is 670. The number of piperidine rings is 1. The molecule has 0 spiro atoms. The summed E-state index contributed by atoms with van der Waals surface area (Å²) in [5.74, 6) is 0.0316. The van der Waals surface area contributed by atoms with Gasteiger partial charge in [0.1, 0.15) is 5.54 Å². The van der Waals surface area contributed by atoms with Crippen molar-refractivity contribution in [2.24, 2.45) is 0 Å². The fourth-order valence-corrected chi connectivity index (χ4v) is 3.90. The van der Waals surface area contributed by atoms with Gasteiger partial charge in [-0.15, -0.1) is 11.3 Å². The number of carbonyl (C=O) groups is 1. The number of methoxy groups -OCH3 is 1. The van der Waals surface area contributed by atoms with Crippen LogP contribution >= 0.6 is 11.3 Å². The molecule has 3 rings (SSSR count). The van der Waals surface area contributed by atoms with E-state index in [0.29, 0.717) is 13.2 Å². The Morgan fingerprint density at radius 2 is 2.08 bits per heavy atom. The van der Waals surface area contributed by atoms with Crippen molar-refractivity contribution in [3.63, 3.8) is 0 Å². The number of nitrogens with one attached hydrogen (secondary N) is 2. The Labute approximate surface area is 158 Å². The maximum atomic E-state index is 12.9. The van der Waals surface area contributed by atoms with Crippen molar-refractivity contribution in [1.29, 1.82) is 0 Å². The van der Waals surface area contributed by atoms with E-state index in [0.717, 1.165) is 37.6 Å². The highest BCUT2D eigenvalue weighted by molar-refractivity contribution is 7.13. The van der Waals surface area contributed by atoms with Crippen molar-refractivity contribution in [3.05, 3.63) is 47.5 Å². The molecule has 0 atom stereocenters. The van der Waals surface area contributed by atoms with Crippen LogP contribution in [-0.4, -0.2) is 54.7 Å². The number of ether oxygens (including phenoxy) is 1. The molecule has 140 valence electrons. The van der Waals surface area contributed by atoms with Gasteiger partial charge in [-0.05, 0) is 18.4 Å². The van der Waals surface area contributed by atoms with Crippen molar-refractivity contribution in [2.45, 2.75) is 24.9 Å². The van der Waals surface area contributed by atoms with E-state index in [4.69, 9.17) is 4.74 Å². The largest absolute Gasteiger partial charge is 0.383 e. The fraction of sp³-hybridized carbons (Fsp3) is 0.474. The third kappa shape index (κ3) is 4.81. The number of aromatic nitrogens is 1. The summed E-state index contributed by atoms with van der Waals surface area (Å²) in [5, 5.41) is 9.13. The third-order valence-corrected chi connectivity index (χ3v) is 5.45. The Kier molecular flexibility index (Phi) is 6.60. The van der Waals surface area contributed by atoms with Crippen LogP contribution < -0.4 is 10.6 Å². The highest BCUT2D eigenvalue weighted by Crippen LogP contribution is 2.29. The van der Waals surface area contributed by atoms with Gasteiger partial charge in [0.05, 0.1) is 6.61 Å². The van der Waals surface area contributed by atoms with E-state index in [1.807, 2.05) is 11.4 Å². The van der Waals surface area contributed by atoms with E-state index in [-0.39, 0.29) is 5.91 Å². The van der Waals surface area contributed by atoms with E-state index < -0.39 is 5.54 Å². The van der Waals surface area contributed by atoms with Crippen molar-refractivity contribution >= 4 is 22.4 Å². The van der Waals surface area contributed by atoms with Gasteiger partial charge in [-0.25, -0.2) is 4.98 Å². The Morgan fingerprint density at radius 3 is 2.73 bits per heavy atom. The lowest BCUT2D eigenvalue weighted by Crippen LogP contribution is -2.58. The monoisotopic (exact) mass is 374 g/mol. The number of rotatable bonds is 8. The Hall–Kier alpha value is -1.96. The van der Waals surface area contributed by atoms with Crippen molar-refractivity contribution in [3.8, 4) is 0 Å². The molecule has 0 bridgehead atoms. The number of hydrogen-bond acceptors (Lipinski definition) is 6. The van der Waals surface area contributed by atoms with Gasteiger partial charge in [-0.1, -0.05) is 30.3 Å². The second-order valence-corrected chi connectivity index (χ2v) is 7.45. The number of likely N-dealkylation sites (tertiary alicyclic amines) is 1. The van der Waals surface area contributed by atoms with Crippen LogP contribution in [0.15, 0.2) is 41.9 Å². The minimum atomic E-state index is -0.612. The zero-order chi connectivity index (χ0) is 18.2. The summed E-state index contributed by atoms with van der Waals surface area (Å²) in [6, 6.07) is 10.5. The Balaban J connectivity index is 1.64. The molecule has 26 heavy (non-hydrogen) atoms. The van der Waals surface area contributed by atoms with E-state index >= 15 is 0 Å². The van der Waals surface area contributed by atoms with Gasteiger partial charge in [0.2, 0.25) is 5.91 Å². The molecule has 1 saturated heterocycles. The highest BCUT2D eigenvalue weighted by Gasteiger charge is 2.41. The SMILES string of the molecule is COCCNC(=O)C1(Nc2nccs2)CCN(Cc2ccccc2)CC1. The summed E-state index contributed by atoms with van der Waals surface area (Å²) in [5.41, 5.74) is 0.691. The van der Waals surface area contributed by atoms with Crippen LogP contribution in [0, 0.1) is 0 Å². The van der Waals surface area contributed by atoms with Gasteiger partial charge < -0.3 is 15.4 Å². The molecule has 6 nitrogen and oxygen atoms in total. The predicted molar refractivity (Wildman–Crippen MR) is 104 cm³/mol. The van der Waals surface area contributed by atoms with Gasteiger partial charge in [0.25, 0.3) is 0 Å². The number of thiazole rings is 1. The first-order valence-corrected chi connectivity index (χ1v) is 9.81. The summed E-state index contributed by atoms with van der Waals surface area (Å²) in [7, 11) is 1.64. The first-order chi connectivity index (χ1) is 12.7. The lowest BCUT2D eigenvalue weighted by Gasteiger charge is -2.41. The summed E-state index contributed by atoms with van der Waals surface area (Å²) in [6.07, 6.45) is 3.25. The number of carbonyl (C=O) groups excluding carboxylic acids is 1. The van der Waals surface area contributed by atoms with Crippen molar-refractivity contribution < 1.29 is 9.53 Å². The fourth-order valence-electron chi connectivity index (χ4n) is 3.27. The van der Waals surface area contributed by atoms with E-state index in [2.05, 4.69) is 44.8 Å². The normalized spacial score (nSPS) is 17.0. The van der Waals surface area contributed by atoms with Gasteiger partial charge in [0, 0.05) is 44.9 Å². The van der Waals surface area contributed by atoms with Crippen molar-refractivity contribution in [2.75, 3.05) is 38.7 Å². The highest BCUT2D eigenvalue weighted by atomic mass is 32.1. The van der Waals surface area contributed by atoms with Crippen LogP contribution in [-0.2, 0) is 16.1 Å². The Morgan fingerprint density at radius 1 is 1.31 bits per heavy atom. The lowest BCUT2D eigenvalue weighted by atomic mass is 9.86. The molecule has 1 fully saturated rings. The molecule has 2 N–H and O–H groups in total. The van der Waals surface area contributed by atoms with Gasteiger partial charge in [-0.3, -0.25) is 9.69 Å². The zero-order valence-corrected chi connectivity index (χ0v) is 15.9. The molecule has 7 heteroatoms. The number of amides is 1. The maximum absolute atomic E-state index is 12.9. The molecule has 0 unspecified atom stereocenters. The summed E-state index contributed by atoms with van der Waals surface area (Å²) >= 11 is 1.52. The molecule has 1 aliphatic heterocycles. The quantitative estimate of drug-likeness (QED) is 0.695. The summed E-state index contributed by atoms with van der Waals surface area (Å²) in [4.78, 5) is 19.6. The molecule has 1 aromatic carbocycles. The molecule has 2 aromatic rings. The van der Waals surface area contributed by atoms with Crippen molar-refractivity contribution in [1.82, 2.24) is 15.2 Å². The molecule has 0 aliphatic carbocycles. The minimum absolute atomic E-state index is 0.0316. The third-order valence-electron chi connectivity index (χ3n) is 4.76. The number of hydrogen-bond donors (Lipinski definition) is 2. The second kappa shape index (κ2) is 9.12. The van der Waals surface area contributed by atoms with E-state index in [9.17, 15) is 4.79 Å². The van der Waals surface area contributed by atoms with Crippen LogP contribution in [0.4, 0.5) is 5.13 Å². The molecule has 0 saturated carbocycles. The van der Waals surface area contributed by atoms with Gasteiger partial charge >= 0.3 is 0 Å². The average molecular weight is 375 g/mol. The predicted octanol–water partition coefficient (Wildman–Crippen LogP) is 2.35. The summed E-state index contributed by atoms with van der Waals surface area (Å²) < 4.78 is 5.05. The molecular weight excluding hydrogens is 348 g/mol. The number of benzene rings is 1. The van der Waals surface area contributed by atoms with E-state index in [1.165, 1.54) is 16.9 Å². The second-order valence-electron chi connectivity index (χ2n) is 6.55. The first kappa shape index (κ1) is 18.8. The van der Waals surface area contributed by atoms with Crippen LogP contribution in [0.5, 0.6) is 0 Å². The lowest BCUT2D eigenvalue weighted by molar-refractivity contribution is -0.127. The average Bonchev–Trinajstić information content (AvgIpc) is 3.17. The minimum Gasteiger partial charge on any atom is -0.383 e. The standard InChI is InChI=1S/C19H26N4O2S/c1-25-13-9-20-17(24)19(22-18-21-10-14-26-18)7-11-23(12-8-19)15-16-5-3-2-4-6-16/h2-6,10,14H,7-9,11-13,15H2,1H3,(H,20,24)(H,21,22). The van der Waals surface area contributed by atoms with Gasteiger partial charge in [0.15, 0.2) is 5.13 Å². The maximum Gasteiger partial charge on any atom is 0.245 e. The molecule has 2 heterocycles. The topological polar surface area (TPSA) is 66.5 Å². The van der Waals surface area contributed by atoms with Crippen LogP contribution in [0.3, 0.4) is 0 Å². The van der Waals surface area contributed by atoms with Crippen LogP contribution in [0.25, 0.3) is 0 Å². The van der Waals surface area contributed by atoms with Crippen LogP contribution in [0.1, 0.15) is 18.4 Å². The molecule has 0 radical (unpaired) electrons. The molecule has 1 aliphatic rings.